The van der Waals surface area contributed by atoms with Crippen molar-refractivity contribution in [2.75, 3.05) is 6.54 Å². The van der Waals surface area contributed by atoms with Crippen LogP contribution in [0.5, 0.6) is 0 Å². The number of hydrogen-bond donors (Lipinski definition) is 1. The monoisotopic (exact) mass is 387 g/mol. The van der Waals surface area contributed by atoms with Gasteiger partial charge in [-0.3, -0.25) is 9.59 Å². The normalized spacial score (nSPS) is 15.6. The number of nitrogens with zero attached hydrogens (tertiary/aromatic N) is 2. The summed E-state index contributed by atoms with van der Waals surface area (Å²) in [7, 11) is 0. The minimum atomic E-state index is -0.978. The highest BCUT2D eigenvalue weighted by Crippen LogP contribution is 2.22. The predicted molar refractivity (Wildman–Crippen MR) is 98.1 cm³/mol. The summed E-state index contributed by atoms with van der Waals surface area (Å²) in [4.78, 5) is 30.7. The highest BCUT2D eigenvalue weighted by molar-refractivity contribution is 6.04. The number of oxime groups is 1. The molecule has 2 amide bonds. The van der Waals surface area contributed by atoms with Crippen LogP contribution in [0.3, 0.4) is 0 Å². The largest absolute Gasteiger partial charge is 0.382 e. The standard InChI is InChI=1S/C20H19F2N3O3/c21-14-6-7-16(22)15(10-14)17-11-18(28-24-17)20(27)25(9-8-19(23)26)12-13-4-2-1-3-5-13/h1-7,10,18H,8-9,11-12H2,(H2,23,26). The van der Waals surface area contributed by atoms with Crippen LogP contribution in [-0.4, -0.2) is 35.1 Å². The Bertz CT molecular complexity index is 903. The summed E-state index contributed by atoms with van der Waals surface area (Å²) in [6, 6.07) is 12.2. The highest BCUT2D eigenvalue weighted by atomic mass is 19.1. The van der Waals surface area contributed by atoms with Crippen LogP contribution in [0.25, 0.3) is 0 Å². The number of benzene rings is 2. The molecule has 1 aliphatic heterocycles. The number of rotatable bonds is 7. The maximum atomic E-state index is 14.0. The SMILES string of the molecule is NC(=O)CCN(Cc1ccccc1)C(=O)C1CC(c2cc(F)ccc2F)=NO1. The molecular formula is C20H19F2N3O3. The molecule has 0 saturated heterocycles. The van der Waals surface area contributed by atoms with E-state index >= 15 is 0 Å². The first-order valence-corrected chi connectivity index (χ1v) is 8.73. The van der Waals surface area contributed by atoms with Crippen molar-refractivity contribution in [3.63, 3.8) is 0 Å². The van der Waals surface area contributed by atoms with E-state index < -0.39 is 29.6 Å². The lowest BCUT2D eigenvalue weighted by Crippen LogP contribution is -2.40. The maximum absolute atomic E-state index is 14.0. The number of halogens is 2. The average molecular weight is 387 g/mol. The molecule has 3 rings (SSSR count). The number of hydrogen-bond acceptors (Lipinski definition) is 4. The van der Waals surface area contributed by atoms with Crippen molar-refractivity contribution in [3.8, 4) is 0 Å². The van der Waals surface area contributed by atoms with E-state index in [1.54, 1.807) is 0 Å². The van der Waals surface area contributed by atoms with Crippen molar-refractivity contribution in [1.82, 2.24) is 4.90 Å². The summed E-state index contributed by atoms with van der Waals surface area (Å²) in [5.41, 5.74) is 6.20. The lowest BCUT2D eigenvalue weighted by Gasteiger charge is -2.24. The topological polar surface area (TPSA) is 85.0 Å². The molecule has 1 heterocycles. The molecule has 0 aliphatic carbocycles. The molecule has 0 spiro atoms. The Morgan fingerprint density at radius 2 is 1.93 bits per heavy atom. The van der Waals surface area contributed by atoms with Crippen LogP contribution in [0.2, 0.25) is 0 Å². The average Bonchev–Trinajstić information content (AvgIpc) is 3.17. The second kappa shape index (κ2) is 8.60. The van der Waals surface area contributed by atoms with Gasteiger partial charge in [-0.2, -0.15) is 0 Å². The van der Waals surface area contributed by atoms with E-state index in [-0.39, 0.29) is 37.2 Å². The Kier molecular flexibility index (Phi) is 5.98. The molecule has 146 valence electrons. The summed E-state index contributed by atoms with van der Waals surface area (Å²) in [6.07, 6.45) is -0.979. The van der Waals surface area contributed by atoms with Crippen molar-refractivity contribution in [2.24, 2.45) is 10.9 Å². The van der Waals surface area contributed by atoms with E-state index in [2.05, 4.69) is 5.16 Å². The summed E-state index contributed by atoms with van der Waals surface area (Å²) < 4.78 is 27.4. The Morgan fingerprint density at radius 1 is 1.18 bits per heavy atom. The molecule has 6 nitrogen and oxygen atoms in total. The van der Waals surface area contributed by atoms with Crippen molar-refractivity contribution in [1.29, 1.82) is 0 Å². The van der Waals surface area contributed by atoms with E-state index in [0.29, 0.717) is 0 Å². The number of carbonyl (C=O) groups excluding carboxylic acids is 2. The van der Waals surface area contributed by atoms with Gasteiger partial charge in [-0.05, 0) is 23.8 Å². The van der Waals surface area contributed by atoms with Crippen LogP contribution in [-0.2, 0) is 21.0 Å². The maximum Gasteiger partial charge on any atom is 0.267 e. The fraction of sp³-hybridized carbons (Fsp3) is 0.250. The van der Waals surface area contributed by atoms with E-state index in [4.69, 9.17) is 10.6 Å². The zero-order valence-electron chi connectivity index (χ0n) is 15.0. The first-order valence-electron chi connectivity index (χ1n) is 8.73. The molecule has 2 aromatic carbocycles. The van der Waals surface area contributed by atoms with Gasteiger partial charge in [0.1, 0.15) is 11.6 Å². The van der Waals surface area contributed by atoms with Gasteiger partial charge in [-0.25, -0.2) is 8.78 Å². The van der Waals surface area contributed by atoms with Gasteiger partial charge in [0, 0.05) is 31.5 Å². The smallest absolute Gasteiger partial charge is 0.267 e. The van der Waals surface area contributed by atoms with Gasteiger partial charge in [0.05, 0.1) is 5.71 Å². The molecule has 28 heavy (non-hydrogen) atoms. The van der Waals surface area contributed by atoms with Crippen LogP contribution in [0.1, 0.15) is 24.0 Å². The van der Waals surface area contributed by atoms with Gasteiger partial charge in [-0.15, -0.1) is 0 Å². The van der Waals surface area contributed by atoms with Crippen LogP contribution >= 0.6 is 0 Å². The van der Waals surface area contributed by atoms with Crippen molar-refractivity contribution in [2.45, 2.75) is 25.5 Å². The van der Waals surface area contributed by atoms with Crippen LogP contribution < -0.4 is 5.73 Å². The molecule has 2 N–H and O–H groups in total. The molecule has 0 bridgehead atoms. The Morgan fingerprint density at radius 3 is 2.64 bits per heavy atom. The molecular weight excluding hydrogens is 368 g/mol. The zero-order chi connectivity index (χ0) is 20.1. The lowest BCUT2D eigenvalue weighted by molar-refractivity contribution is -0.143. The third-order valence-electron chi connectivity index (χ3n) is 4.34. The van der Waals surface area contributed by atoms with Gasteiger partial charge < -0.3 is 15.5 Å². The van der Waals surface area contributed by atoms with Crippen LogP contribution in [0.15, 0.2) is 53.7 Å². The minimum absolute atomic E-state index is 0.00106. The Hall–Kier alpha value is -3.29. The molecule has 0 aromatic heterocycles. The second-order valence-electron chi connectivity index (χ2n) is 6.42. The summed E-state index contributed by atoms with van der Waals surface area (Å²) in [5, 5.41) is 3.77. The summed E-state index contributed by atoms with van der Waals surface area (Å²) in [5.74, 6) is -2.19. The van der Waals surface area contributed by atoms with Gasteiger partial charge in [0.25, 0.3) is 5.91 Å². The van der Waals surface area contributed by atoms with Crippen LogP contribution in [0, 0.1) is 11.6 Å². The Balaban J connectivity index is 1.72. The van der Waals surface area contributed by atoms with Gasteiger partial charge in [-0.1, -0.05) is 35.5 Å². The van der Waals surface area contributed by atoms with E-state index in [1.807, 2.05) is 30.3 Å². The third-order valence-corrected chi connectivity index (χ3v) is 4.34. The fourth-order valence-electron chi connectivity index (χ4n) is 2.91. The lowest BCUT2D eigenvalue weighted by atomic mass is 10.0. The molecule has 1 atom stereocenters. The number of nitrogens with two attached hydrogens (primary N) is 1. The third kappa shape index (κ3) is 4.70. The quantitative estimate of drug-likeness (QED) is 0.792. The van der Waals surface area contributed by atoms with Crippen LogP contribution in [0.4, 0.5) is 8.78 Å². The predicted octanol–water partition coefficient (Wildman–Crippen LogP) is 2.36. The van der Waals surface area contributed by atoms with Crippen molar-refractivity contribution < 1.29 is 23.2 Å². The van der Waals surface area contributed by atoms with Gasteiger partial charge >= 0.3 is 0 Å². The molecule has 2 aromatic rings. The highest BCUT2D eigenvalue weighted by Gasteiger charge is 2.33. The molecule has 0 fully saturated rings. The first-order chi connectivity index (χ1) is 13.4. The zero-order valence-corrected chi connectivity index (χ0v) is 15.0. The molecule has 1 aliphatic rings. The van der Waals surface area contributed by atoms with Gasteiger partial charge in [0.2, 0.25) is 12.0 Å². The van der Waals surface area contributed by atoms with Crippen molar-refractivity contribution >= 4 is 17.5 Å². The number of amides is 2. The molecule has 0 saturated carbocycles. The minimum Gasteiger partial charge on any atom is -0.382 e. The molecule has 8 heteroatoms. The molecule has 0 radical (unpaired) electrons. The van der Waals surface area contributed by atoms with E-state index in [0.717, 1.165) is 23.8 Å². The second-order valence-corrected chi connectivity index (χ2v) is 6.42. The van der Waals surface area contributed by atoms with E-state index in [1.165, 1.54) is 4.90 Å². The first kappa shape index (κ1) is 19.5. The number of carbonyl (C=O) groups is 2. The van der Waals surface area contributed by atoms with Crippen molar-refractivity contribution in [3.05, 3.63) is 71.3 Å². The van der Waals surface area contributed by atoms with Gasteiger partial charge in [0.15, 0.2) is 0 Å². The molecule has 1 unspecified atom stereocenters. The Labute approximate surface area is 160 Å². The fourth-order valence-corrected chi connectivity index (χ4v) is 2.91. The summed E-state index contributed by atoms with van der Waals surface area (Å²) in [6.45, 7) is 0.378. The number of primary amides is 1. The van der Waals surface area contributed by atoms with E-state index in [9.17, 15) is 18.4 Å². The summed E-state index contributed by atoms with van der Waals surface area (Å²) >= 11 is 0.